The zero-order valence-electron chi connectivity index (χ0n) is 8.73. The van der Waals surface area contributed by atoms with Gasteiger partial charge in [-0.1, -0.05) is 0 Å². The second-order valence-electron chi connectivity index (χ2n) is 3.61. The lowest BCUT2D eigenvalue weighted by atomic mass is 10.2. The number of carboxylic acids is 1. The van der Waals surface area contributed by atoms with Crippen molar-refractivity contribution in [2.45, 2.75) is 12.5 Å². The lowest BCUT2D eigenvalue weighted by Gasteiger charge is -2.14. The standard InChI is InChI=1S/C9H16N2O4/c1-15-6-8(12)10-7-2-3-11(4-7)5-9(13)14/h7H,2-6H2,1H3,(H,10,12)(H,13,14)/t7-/m1/s1. The fourth-order valence-electron chi connectivity index (χ4n) is 1.69. The molecule has 1 atom stereocenters. The van der Waals surface area contributed by atoms with E-state index in [0.29, 0.717) is 13.1 Å². The van der Waals surface area contributed by atoms with Crippen LogP contribution in [-0.4, -0.2) is 61.3 Å². The van der Waals surface area contributed by atoms with Gasteiger partial charge >= 0.3 is 5.97 Å². The van der Waals surface area contributed by atoms with Crippen molar-refractivity contribution in [3.8, 4) is 0 Å². The number of aliphatic carboxylic acids is 1. The van der Waals surface area contributed by atoms with Gasteiger partial charge in [-0.15, -0.1) is 0 Å². The van der Waals surface area contributed by atoms with Crippen molar-refractivity contribution in [1.29, 1.82) is 0 Å². The molecule has 6 heteroatoms. The zero-order valence-corrected chi connectivity index (χ0v) is 8.73. The quantitative estimate of drug-likeness (QED) is 0.610. The van der Waals surface area contributed by atoms with Gasteiger partial charge in [0, 0.05) is 26.2 Å². The molecule has 6 nitrogen and oxygen atoms in total. The highest BCUT2D eigenvalue weighted by Gasteiger charge is 2.24. The van der Waals surface area contributed by atoms with E-state index >= 15 is 0 Å². The summed E-state index contributed by atoms with van der Waals surface area (Å²) in [5.41, 5.74) is 0. The molecule has 1 amide bonds. The van der Waals surface area contributed by atoms with Crippen LogP contribution in [0.15, 0.2) is 0 Å². The molecule has 86 valence electrons. The third kappa shape index (κ3) is 4.26. The van der Waals surface area contributed by atoms with Gasteiger partial charge in [-0.2, -0.15) is 0 Å². The molecule has 0 aromatic rings. The van der Waals surface area contributed by atoms with E-state index in [1.807, 2.05) is 0 Å². The predicted octanol–water partition coefficient (Wildman–Crippen LogP) is -1.09. The number of likely N-dealkylation sites (tertiary alicyclic amines) is 1. The maximum absolute atomic E-state index is 11.2. The highest BCUT2D eigenvalue weighted by atomic mass is 16.5. The Morgan fingerprint density at radius 2 is 2.33 bits per heavy atom. The molecular formula is C9H16N2O4. The van der Waals surface area contributed by atoms with Crippen LogP contribution >= 0.6 is 0 Å². The molecule has 0 saturated carbocycles. The number of amides is 1. The van der Waals surface area contributed by atoms with E-state index in [1.165, 1.54) is 7.11 Å². The van der Waals surface area contributed by atoms with Crippen LogP contribution in [0.5, 0.6) is 0 Å². The van der Waals surface area contributed by atoms with Gasteiger partial charge in [-0.25, -0.2) is 0 Å². The molecule has 0 unspecified atom stereocenters. The fraction of sp³-hybridized carbons (Fsp3) is 0.778. The number of ether oxygens (including phenoxy) is 1. The number of methoxy groups -OCH3 is 1. The SMILES string of the molecule is COCC(=O)N[C@@H]1CCN(CC(=O)O)C1. The Kier molecular flexibility index (Phi) is 4.51. The van der Waals surface area contributed by atoms with Crippen molar-refractivity contribution in [3.63, 3.8) is 0 Å². The monoisotopic (exact) mass is 216 g/mol. The van der Waals surface area contributed by atoms with E-state index in [-0.39, 0.29) is 25.1 Å². The lowest BCUT2D eigenvalue weighted by molar-refractivity contribution is -0.138. The molecule has 1 aliphatic heterocycles. The van der Waals surface area contributed by atoms with E-state index in [9.17, 15) is 9.59 Å². The largest absolute Gasteiger partial charge is 0.480 e. The molecule has 1 saturated heterocycles. The van der Waals surface area contributed by atoms with E-state index in [1.54, 1.807) is 4.90 Å². The highest BCUT2D eigenvalue weighted by Crippen LogP contribution is 2.08. The second-order valence-corrected chi connectivity index (χ2v) is 3.61. The lowest BCUT2D eigenvalue weighted by Crippen LogP contribution is -2.39. The molecule has 1 aliphatic rings. The summed E-state index contributed by atoms with van der Waals surface area (Å²) < 4.78 is 4.69. The maximum Gasteiger partial charge on any atom is 0.317 e. The minimum absolute atomic E-state index is 0.0383. The summed E-state index contributed by atoms with van der Waals surface area (Å²) in [6.07, 6.45) is 0.794. The summed E-state index contributed by atoms with van der Waals surface area (Å²) in [5, 5.41) is 11.4. The fourth-order valence-corrected chi connectivity index (χ4v) is 1.69. The average molecular weight is 216 g/mol. The molecule has 0 aromatic carbocycles. The van der Waals surface area contributed by atoms with Crippen LogP contribution in [0.25, 0.3) is 0 Å². The van der Waals surface area contributed by atoms with Crippen molar-refractivity contribution < 1.29 is 19.4 Å². The molecule has 0 bridgehead atoms. The molecule has 0 radical (unpaired) electrons. The van der Waals surface area contributed by atoms with Crippen molar-refractivity contribution >= 4 is 11.9 Å². The van der Waals surface area contributed by atoms with Crippen LogP contribution in [0, 0.1) is 0 Å². The Morgan fingerprint density at radius 1 is 1.60 bits per heavy atom. The number of hydrogen-bond acceptors (Lipinski definition) is 4. The van der Waals surface area contributed by atoms with Crippen LogP contribution in [0.3, 0.4) is 0 Å². The third-order valence-electron chi connectivity index (χ3n) is 2.27. The highest BCUT2D eigenvalue weighted by molar-refractivity contribution is 5.77. The molecule has 1 heterocycles. The van der Waals surface area contributed by atoms with E-state index in [2.05, 4.69) is 10.1 Å². The molecule has 2 N–H and O–H groups in total. The van der Waals surface area contributed by atoms with Gasteiger partial charge in [-0.3, -0.25) is 14.5 Å². The zero-order chi connectivity index (χ0) is 11.3. The van der Waals surface area contributed by atoms with Crippen LogP contribution in [0.2, 0.25) is 0 Å². The number of carbonyl (C=O) groups is 2. The van der Waals surface area contributed by atoms with Crippen LogP contribution in [-0.2, 0) is 14.3 Å². The van der Waals surface area contributed by atoms with Crippen LogP contribution < -0.4 is 5.32 Å². The van der Waals surface area contributed by atoms with Crippen molar-refractivity contribution in [2.75, 3.05) is 33.4 Å². The summed E-state index contributed by atoms with van der Waals surface area (Å²) in [4.78, 5) is 23.4. The summed E-state index contributed by atoms with van der Waals surface area (Å²) >= 11 is 0. The van der Waals surface area contributed by atoms with Gasteiger partial charge < -0.3 is 15.2 Å². The van der Waals surface area contributed by atoms with E-state index in [0.717, 1.165) is 6.42 Å². The Hall–Kier alpha value is -1.14. The first kappa shape index (κ1) is 11.9. The van der Waals surface area contributed by atoms with Gasteiger partial charge in [0.15, 0.2) is 0 Å². The number of carboxylic acid groups (broad SMARTS) is 1. The number of nitrogens with zero attached hydrogens (tertiary/aromatic N) is 1. The van der Waals surface area contributed by atoms with Crippen molar-refractivity contribution in [3.05, 3.63) is 0 Å². The first-order valence-corrected chi connectivity index (χ1v) is 4.84. The molecule has 0 aromatic heterocycles. The molecule has 0 aliphatic carbocycles. The Labute approximate surface area is 88.2 Å². The van der Waals surface area contributed by atoms with Gasteiger partial charge in [0.1, 0.15) is 6.61 Å². The first-order chi connectivity index (χ1) is 7.11. The van der Waals surface area contributed by atoms with E-state index in [4.69, 9.17) is 5.11 Å². The van der Waals surface area contributed by atoms with Crippen molar-refractivity contribution in [1.82, 2.24) is 10.2 Å². The normalized spacial score (nSPS) is 21.5. The van der Waals surface area contributed by atoms with Gasteiger partial charge in [0.25, 0.3) is 0 Å². The Morgan fingerprint density at radius 3 is 2.93 bits per heavy atom. The molecule has 0 spiro atoms. The second kappa shape index (κ2) is 5.67. The first-order valence-electron chi connectivity index (χ1n) is 4.84. The number of rotatable bonds is 5. The molecular weight excluding hydrogens is 200 g/mol. The van der Waals surface area contributed by atoms with Gasteiger partial charge in [0.05, 0.1) is 6.54 Å². The Balaban J connectivity index is 2.24. The summed E-state index contributed by atoms with van der Waals surface area (Å²) in [5.74, 6) is -0.987. The topological polar surface area (TPSA) is 78.9 Å². The smallest absolute Gasteiger partial charge is 0.317 e. The Bertz CT molecular complexity index is 244. The molecule has 1 rings (SSSR count). The van der Waals surface area contributed by atoms with Gasteiger partial charge in [-0.05, 0) is 6.42 Å². The van der Waals surface area contributed by atoms with E-state index < -0.39 is 5.97 Å². The minimum atomic E-state index is -0.834. The average Bonchev–Trinajstić information content (AvgIpc) is 2.51. The number of carbonyl (C=O) groups excluding carboxylic acids is 1. The third-order valence-corrected chi connectivity index (χ3v) is 2.27. The molecule has 1 fully saturated rings. The van der Waals surface area contributed by atoms with Gasteiger partial charge in [0.2, 0.25) is 5.91 Å². The number of hydrogen-bond donors (Lipinski definition) is 2. The number of nitrogens with one attached hydrogen (secondary N) is 1. The maximum atomic E-state index is 11.2. The van der Waals surface area contributed by atoms with Crippen LogP contribution in [0.4, 0.5) is 0 Å². The predicted molar refractivity (Wildman–Crippen MR) is 52.5 cm³/mol. The molecule has 15 heavy (non-hydrogen) atoms. The summed E-state index contributed by atoms with van der Waals surface area (Å²) in [6.45, 7) is 1.40. The van der Waals surface area contributed by atoms with Crippen LogP contribution in [0.1, 0.15) is 6.42 Å². The minimum Gasteiger partial charge on any atom is -0.480 e. The van der Waals surface area contributed by atoms with Crippen molar-refractivity contribution in [2.24, 2.45) is 0 Å². The summed E-state index contributed by atoms with van der Waals surface area (Å²) in [6, 6.07) is 0.0481. The summed E-state index contributed by atoms with van der Waals surface area (Å²) in [7, 11) is 1.46.